The van der Waals surface area contributed by atoms with Crippen molar-refractivity contribution in [3.63, 3.8) is 0 Å². The Kier molecular flexibility index (Phi) is 4.43. The van der Waals surface area contributed by atoms with Crippen LogP contribution in [0, 0.1) is 18.8 Å². The minimum atomic E-state index is -0.772. The van der Waals surface area contributed by atoms with E-state index in [0.29, 0.717) is 17.7 Å². The Morgan fingerprint density at radius 2 is 1.67 bits per heavy atom. The molecule has 3 rings (SSSR count). The summed E-state index contributed by atoms with van der Waals surface area (Å²) < 4.78 is 0. The summed E-state index contributed by atoms with van der Waals surface area (Å²) >= 11 is 0. The average molecular weight is 319 g/mol. The number of ketones is 2. The summed E-state index contributed by atoms with van der Waals surface area (Å²) in [5.41, 5.74) is 3.89. The van der Waals surface area contributed by atoms with E-state index >= 15 is 0 Å². The number of rotatable bonds is 4. The van der Waals surface area contributed by atoms with Gasteiger partial charge in [0, 0.05) is 17.5 Å². The minimum absolute atomic E-state index is 0.0444. The molecule has 3 nitrogen and oxygen atoms in total. The van der Waals surface area contributed by atoms with Gasteiger partial charge in [-0.2, -0.15) is 0 Å². The third kappa shape index (κ3) is 3.07. The van der Waals surface area contributed by atoms with Crippen molar-refractivity contribution in [2.45, 2.75) is 27.2 Å². The van der Waals surface area contributed by atoms with Crippen LogP contribution < -0.4 is 0 Å². The molecule has 0 spiro atoms. The van der Waals surface area contributed by atoms with Crippen molar-refractivity contribution in [3.8, 4) is 0 Å². The third-order valence-corrected chi connectivity index (χ3v) is 4.22. The van der Waals surface area contributed by atoms with E-state index in [-0.39, 0.29) is 17.5 Å². The molecule has 2 aromatic rings. The van der Waals surface area contributed by atoms with Crippen LogP contribution in [0.4, 0.5) is 5.69 Å². The van der Waals surface area contributed by atoms with Crippen LogP contribution in [0.3, 0.4) is 0 Å². The molecule has 122 valence electrons. The fourth-order valence-electron chi connectivity index (χ4n) is 3.06. The summed E-state index contributed by atoms with van der Waals surface area (Å²) in [5, 5.41) is 0. The van der Waals surface area contributed by atoms with Gasteiger partial charge in [0.1, 0.15) is 11.7 Å². The lowest BCUT2D eigenvalue weighted by atomic mass is 9.92. The van der Waals surface area contributed by atoms with Gasteiger partial charge in [-0.3, -0.25) is 14.6 Å². The predicted octanol–water partition coefficient (Wildman–Crippen LogP) is 4.54. The number of carbonyl (C=O) groups excluding carboxylic acids is 2. The summed E-state index contributed by atoms with van der Waals surface area (Å²) in [7, 11) is 0. The molecule has 0 aromatic heterocycles. The quantitative estimate of drug-likeness (QED) is 0.776. The maximum Gasteiger partial charge on any atom is 0.180 e. The zero-order chi connectivity index (χ0) is 17.3. The van der Waals surface area contributed by atoms with Crippen molar-refractivity contribution in [2.24, 2.45) is 16.8 Å². The summed E-state index contributed by atoms with van der Waals surface area (Å²) in [6.07, 6.45) is 0.386. The van der Waals surface area contributed by atoms with Gasteiger partial charge in [0.25, 0.3) is 0 Å². The number of aliphatic imine (C=N–C) groups is 1. The van der Waals surface area contributed by atoms with Gasteiger partial charge in [0.2, 0.25) is 0 Å². The second-order valence-electron chi connectivity index (χ2n) is 6.74. The molecule has 1 aliphatic rings. The van der Waals surface area contributed by atoms with E-state index in [9.17, 15) is 9.59 Å². The Bertz CT molecular complexity index is 816. The van der Waals surface area contributed by atoms with E-state index < -0.39 is 5.92 Å². The van der Waals surface area contributed by atoms with Crippen LogP contribution in [0.5, 0.6) is 0 Å². The highest BCUT2D eigenvalue weighted by Crippen LogP contribution is 2.31. The van der Waals surface area contributed by atoms with Gasteiger partial charge >= 0.3 is 0 Å². The maximum absolute atomic E-state index is 12.8. The van der Waals surface area contributed by atoms with E-state index in [0.717, 1.165) is 16.8 Å². The molecule has 0 bridgehead atoms. The van der Waals surface area contributed by atoms with Crippen LogP contribution in [-0.2, 0) is 4.79 Å². The van der Waals surface area contributed by atoms with Crippen LogP contribution in [0.2, 0.25) is 0 Å². The van der Waals surface area contributed by atoms with Crippen molar-refractivity contribution in [1.29, 1.82) is 0 Å². The lowest BCUT2D eigenvalue weighted by molar-refractivity contribution is -0.120. The van der Waals surface area contributed by atoms with Crippen molar-refractivity contribution >= 4 is 23.0 Å². The summed E-state index contributed by atoms with van der Waals surface area (Å²) in [6.45, 7) is 5.99. The molecular weight excluding hydrogens is 298 g/mol. The van der Waals surface area contributed by atoms with Gasteiger partial charge in [-0.15, -0.1) is 0 Å². The number of nitrogens with zero attached hydrogens (tertiary/aromatic N) is 1. The molecule has 3 heteroatoms. The van der Waals surface area contributed by atoms with Gasteiger partial charge in [0.15, 0.2) is 5.78 Å². The van der Waals surface area contributed by atoms with Crippen LogP contribution >= 0.6 is 0 Å². The lowest BCUT2D eigenvalue weighted by Crippen LogP contribution is -2.27. The van der Waals surface area contributed by atoms with Crippen LogP contribution in [0.1, 0.15) is 41.8 Å². The zero-order valence-corrected chi connectivity index (χ0v) is 14.2. The summed E-state index contributed by atoms with van der Waals surface area (Å²) in [5.74, 6) is -0.722. The first-order chi connectivity index (χ1) is 11.5. The number of Topliss-reactive ketones (excluding diaryl/α,β-unsaturated/α-hetero) is 2. The van der Waals surface area contributed by atoms with Crippen LogP contribution in [0.15, 0.2) is 53.5 Å². The highest BCUT2D eigenvalue weighted by atomic mass is 16.2. The topological polar surface area (TPSA) is 46.5 Å². The number of fused-ring (bicyclic) bond motifs is 1. The van der Waals surface area contributed by atoms with E-state index in [1.54, 1.807) is 6.07 Å². The van der Waals surface area contributed by atoms with Crippen LogP contribution in [0.25, 0.3) is 0 Å². The highest BCUT2D eigenvalue weighted by molar-refractivity contribution is 6.37. The van der Waals surface area contributed by atoms with Crippen molar-refractivity contribution in [1.82, 2.24) is 0 Å². The molecule has 0 saturated heterocycles. The number of hydrogen-bond donors (Lipinski definition) is 0. The van der Waals surface area contributed by atoms with Crippen LogP contribution in [-0.4, -0.2) is 17.3 Å². The third-order valence-electron chi connectivity index (χ3n) is 4.22. The number of benzene rings is 2. The molecule has 0 radical (unpaired) electrons. The van der Waals surface area contributed by atoms with Gasteiger partial charge < -0.3 is 0 Å². The van der Waals surface area contributed by atoms with Gasteiger partial charge in [0.05, 0.1) is 11.4 Å². The molecule has 0 heterocycles. The van der Waals surface area contributed by atoms with Gasteiger partial charge in [-0.1, -0.05) is 55.8 Å². The SMILES string of the molecule is Cc1ccc(N=C2c3ccccc3C(=O)C2C(=O)CC(C)C)cc1. The van der Waals surface area contributed by atoms with Gasteiger partial charge in [-0.25, -0.2) is 0 Å². The molecular formula is C21H21NO2. The fraction of sp³-hybridized carbons (Fsp3) is 0.286. The smallest absolute Gasteiger partial charge is 0.180 e. The molecule has 0 amide bonds. The average Bonchev–Trinajstić information content (AvgIpc) is 2.82. The molecule has 1 aliphatic carbocycles. The maximum atomic E-state index is 12.8. The normalized spacial score (nSPS) is 18.2. The Morgan fingerprint density at radius 3 is 2.29 bits per heavy atom. The molecule has 1 atom stereocenters. The fourth-order valence-corrected chi connectivity index (χ4v) is 3.06. The Morgan fingerprint density at radius 1 is 1.04 bits per heavy atom. The Hall–Kier alpha value is -2.55. The second kappa shape index (κ2) is 6.52. The standard InChI is InChI=1S/C21H21NO2/c1-13(2)12-18(23)19-20(22-15-10-8-14(3)9-11-15)16-6-4-5-7-17(16)21(19)24/h4-11,13,19H,12H2,1-3H3. The molecule has 0 aliphatic heterocycles. The van der Waals surface area contributed by atoms with E-state index in [4.69, 9.17) is 0 Å². The van der Waals surface area contributed by atoms with Crippen molar-refractivity contribution in [2.75, 3.05) is 0 Å². The van der Waals surface area contributed by atoms with Gasteiger partial charge in [-0.05, 0) is 25.0 Å². The molecule has 24 heavy (non-hydrogen) atoms. The Balaban J connectivity index is 2.09. The zero-order valence-electron chi connectivity index (χ0n) is 14.2. The van der Waals surface area contributed by atoms with Crippen molar-refractivity contribution < 1.29 is 9.59 Å². The molecule has 1 unspecified atom stereocenters. The molecule has 0 fully saturated rings. The summed E-state index contributed by atoms with van der Waals surface area (Å²) in [6, 6.07) is 15.2. The monoisotopic (exact) mass is 319 g/mol. The Labute approximate surface area is 142 Å². The van der Waals surface area contributed by atoms with Crippen molar-refractivity contribution in [3.05, 3.63) is 65.2 Å². The molecule has 2 aromatic carbocycles. The molecule has 0 saturated carbocycles. The van der Waals surface area contributed by atoms with E-state index in [1.165, 1.54) is 0 Å². The second-order valence-corrected chi connectivity index (χ2v) is 6.74. The highest BCUT2D eigenvalue weighted by Gasteiger charge is 2.40. The first-order valence-corrected chi connectivity index (χ1v) is 8.29. The summed E-state index contributed by atoms with van der Waals surface area (Å²) in [4.78, 5) is 30.1. The number of aryl methyl sites for hydroxylation is 1. The van der Waals surface area contributed by atoms with E-state index in [1.807, 2.05) is 63.2 Å². The minimum Gasteiger partial charge on any atom is -0.298 e. The lowest BCUT2D eigenvalue weighted by Gasteiger charge is -2.11. The first kappa shape index (κ1) is 16.3. The van der Waals surface area contributed by atoms with E-state index in [2.05, 4.69) is 4.99 Å². The molecule has 0 N–H and O–H groups in total. The first-order valence-electron chi connectivity index (χ1n) is 8.29. The number of hydrogen-bond acceptors (Lipinski definition) is 3. The largest absolute Gasteiger partial charge is 0.298 e. The number of carbonyl (C=O) groups is 2. The predicted molar refractivity (Wildman–Crippen MR) is 96.1 cm³/mol.